The molecule has 4 rings (SSSR count). The van der Waals surface area contributed by atoms with Crippen LogP contribution in [-0.2, 0) is 38.1 Å². The number of esters is 4. The SMILES string of the molecule is COC(=O)CC[C@@H](C)C1CCC2C3C(CC[C@@]21C)[C@@]1(C)CC[C@@H](OC(C)=O)CC1[C@H](OC(C)=O)[C@H]3OC(C)=O. The molecule has 0 saturated heterocycles. The normalized spacial score (nSPS) is 41.7. The Hall–Kier alpha value is -2.12. The zero-order chi connectivity index (χ0) is 28.7. The van der Waals surface area contributed by atoms with Crippen LogP contribution in [0, 0.1) is 46.3 Å². The van der Waals surface area contributed by atoms with Crippen molar-refractivity contribution in [3.8, 4) is 0 Å². The predicted octanol–water partition coefficient (Wildman–Crippen LogP) is 5.25. The molecule has 0 aromatic rings. The third kappa shape index (κ3) is 5.58. The van der Waals surface area contributed by atoms with E-state index in [1.807, 2.05) is 0 Å². The Bertz CT molecular complexity index is 962. The van der Waals surface area contributed by atoms with E-state index in [1.54, 1.807) is 0 Å². The van der Waals surface area contributed by atoms with Crippen LogP contribution >= 0.6 is 0 Å². The quantitative estimate of drug-likeness (QED) is 0.314. The van der Waals surface area contributed by atoms with Gasteiger partial charge < -0.3 is 18.9 Å². The molecule has 8 nitrogen and oxygen atoms in total. The molecule has 5 unspecified atom stereocenters. The number of hydrogen-bond donors (Lipinski definition) is 0. The molecular formula is C31H48O8. The van der Waals surface area contributed by atoms with E-state index < -0.39 is 12.2 Å². The van der Waals surface area contributed by atoms with Gasteiger partial charge in [0.05, 0.1) is 7.11 Å². The lowest BCUT2D eigenvalue weighted by Gasteiger charge is -2.64. The van der Waals surface area contributed by atoms with E-state index in [0.717, 1.165) is 44.9 Å². The van der Waals surface area contributed by atoms with Crippen molar-refractivity contribution in [3.05, 3.63) is 0 Å². The van der Waals surface area contributed by atoms with Gasteiger partial charge in [0.15, 0.2) is 0 Å². The summed E-state index contributed by atoms with van der Waals surface area (Å²) >= 11 is 0. The highest BCUT2D eigenvalue weighted by Crippen LogP contribution is 2.69. The Morgan fingerprint density at radius 3 is 1.97 bits per heavy atom. The summed E-state index contributed by atoms with van der Waals surface area (Å²) in [5.74, 6) is 0.289. The van der Waals surface area contributed by atoms with Gasteiger partial charge in [-0.1, -0.05) is 20.8 Å². The standard InChI is InChI=1S/C31H48O8/c1-17(8-11-26(35)36-7)22-9-10-23-27-24(13-15-30(22,23)5)31(6)14-12-21(37-18(2)32)16-25(31)28(38-19(3)33)29(27)39-20(4)34/h17,21-25,27-29H,8-16H2,1-7H3/t17-,21-,22?,23?,24?,25?,27?,28+,29+,30-,31-/m1/s1. The summed E-state index contributed by atoms with van der Waals surface area (Å²) in [5, 5.41) is 0. The van der Waals surface area contributed by atoms with E-state index in [9.17, 15) is 19.2 Å². The summed E-state index contributed by atoms with van der Waals surface area (Å²) in [4.78, 5) is 48.6. The number of carbonyl (C=O) groups is 4. The van der Waals surface area contributed by atoms with Gasteiger partial charge in [0.25, 0.3) is 0 Å². The van der Waals surface area contributed by atoms with E-state index >= 15 is 0 Å². The highest BCUT2D eigenvalue weighted by atomic mass is 16.6. The molecule has 0 bridgehead atoms. The molecular weight excluding hydrogens is 500 g/mol. The molecule has 4 aliphatic rings. The zero-order valence-electron chi connectivity index (χ0n) is 24.8. The van der Waals surface area contributed by atoms with Crippen LogP contribution in [0.25, 0.3) is 0 Å². The van der Waals surface area contributed by atoms with Gasteiger partial charge in [-0.15, -0.1) is 0 Å². The lowest BCUT2D eigenvalue weighted by molar-refractivity contribution is -0.242. The molecule has 220 valence electrons. The highest BCUT2D eigenvalue weighted by molar-refractivity contribution is 5.69. The molecule has 39 heavy (non-hydrogen) atoms. The molecule has 0 aromatic heterocycles. The van der Waals surface area contributed by atoms with Crippen LogP contribution in [0.5, 0.6) is 0 Å². The smallest absolute Gasteiger partial charge is 0.305 e. The van der Waals surface area contributed by atoms with Crippen LogP contribution in [0.1, 0.15) is 99.3 Å². The molecule has 8 heteroatoms. The Kier molecular flexibility index (Phi) is 8.73. The summed E-state index contributed by atoms with van der Waals surface area (Å²) < 4.78 is 22.7. The molecule has 0 aliphatic heterocycles. The minimum atomic E-state index is -0.575. The fourth-order valence-electron chi connectivity index (χ4n) is 9.81. The van der Waals surface area contributed by atoms with Gasteiger partial charge in [-0.3, -0.25) is 19.2 Å². The second kappa shape index (κ2) is 11.4. The number of ether oxygens (including phenoxy) is 4. The zero-order valence-corrected chi connectivity index (χ0v) is 24.8. The van der Waals surface area contributed by atoms with Crippen LogP contribution in [0.3, 0.4) is 0 Å². The van der Waals surface area contributed by atoms with E-state index in [-0.39, 0.29) is 52.6 Å². The van der Waals surface area contributed by atoms with Crippen molar-refractivity contribution in [1.82, 2.24) is 0 Å². The second-order valence-corrected chi connectivity index (χ2v) is 13.4. The first-order valence-electron chi connectivity index (χ1n) is 14.9. The Labute approximate surface area is 233 Å². The summed E-state index contributed by atoms with van der Waals surface area (Å²) in [6.45, 7) is 11.3. The Balaban J connectivity index is 1.69. The van der Waals surface area contributed by atoms with Gasteiger partial charge in [-0.05, 0) is 85.9 Å². The molecule has 4 fully saturated rings. The average Bonchev–Trinajstić information content (AvgIpc) is 3.21. The summed E-state index contributed by atoms with van der Waals surface area (Å²) in [5.41, 5.74) is -0.0674. The Morgan fingerprint density at radius 2 is 1.36 bits per heavy atom. The van der Waals surface area contributed by atoms with Crippen LogP contribution in [0.4, 0.5) is 0 Å². The first-order chi connectivity index (χ1) is 18.3. The monoisotopic (exact) mass is 548 g/mol. The van der Waals surface area contributed by atoms with Gasteiger partial charge in [0, 0.05) is 39.0 Å². The molecule has 0 radical (unpaired) electrons. The third-order valence-electron chi connectivity index (χ3n) is 11.4. The fraction of sp³-hybridized carbons (Fsp3) is 0.871. The number of rotatable bonds is 7. The molecule has 0 spiro atoms. The number of hydrogen-bond acceptors (Lipinski definition) is 8. The second-order valence-electron chi connectivity index (χ2n) is 13.4. The maximum atomic E-state index is 12.5. The lowest BCUT2D eigenvalue weighted by atomic mass is 9.43. The molecule has 4 saturated carbocycles. The minimum Gasteiger partial charge on any atom is -0.469 e. The molecule has 11 atom stereocenters. The molecule has 0 N–H and O–H groups in total. The summed E-state index contributed by atoms with van der Waals surface area (Å²) in [6, 6.07) is 0. The van der Waals surface area contributed by atoms with Crippen molar-refractivity contribution in [2.75, 3.05) is 7.11 Å². The minimum absolute atomic E-state index is 0.0496. The van der Waals surface area contributed by atoms with Crippen molar-refractivity contribution in [2.24, 2.45) is 46.3 Å². The van der Waals surface area contributed by atoms with Crippen molar-refractivity contribution in [1.29, 1.82) is 0 Å². The van der Waals surface area contributed by atoms with Crippen molar-refractivity contribution < 1.29 is 38.1 Å². The van der Waals surface area contributed by atoms with Gasteiger partial charge >= 0.3 is 23.9 Å². The summed E-state index contributed by atoms with van der Waals surface area (Å²) in [6.07, 6.45) is 6.38. The maximum Gasteiger partial charge on any atom is 0.305 e. The molecule has 0 amide bonds. The largest absolute Gasteiger partial charge is 0.469 e. The molecule has 0 aromatic carbocycles. The van der Waals surface area contributed by atoms with Gasteiger partial charge in [0.1, 0.15) is 18.3 Å². The third-order valence-corrected chi connectivity index (χ3v) is 11.4. The van der Waals surface area contributed by atoms with Crippen molar-refractivity contribution in [3.63, 3.8) is 0 Å². The predicted molar refractivity (Wildman–Crippen MR) is 143 cm³/mol. The van der Waals surface area contributed by atoms with Crippen LogP contribution in [0.15, 0.2) is 0 Å². The van der Waals surface area contributed by atoms with E-state index in [4.69, 9.17) is 18.9 Å². The van der Waals surface area contributed by atoms with Crippen LogP contribution < -0.4 is 0 Å². The van der Waals surface area contributed by atoms with Gasteiger partial charge in [0.2, 0.25) is 0 Å². The van der Waals surface area contributed by atoms with Crippen LogP contribution in [0.2, 0.25) is 0 Å². The van der Waals surface area contributed by atoms with Crippen molar-refractivity contribution >= 4 is 23.9 Å². The first kappa shape index (κ1) is 29.9. The number of carbonyl (C=O) groups excluding carboxylic acids is 4. The highest BCUT2D eigenvalue weighted by Gasteiger charge is 2.67. The van der Waals surface area contributed by atoms with E-state index in [1.165, 1.54) is 27.9 Å². The van der Waals surface area contributed by atoms with Gasteiger partial charge in [-0.2, -0.15) is 0 Å². The summed E-state index contributed by atoms with van der Waals surface area (Å²) in [7, 11) is 1.44. The first-order valence-corrected chi connectivity index (χ1v) is 14.9. The molecule has 0 heterocycles. The van der Waals surface area contributed by atoms with E-state index in [2.05, 4.69) is 20.8 Å². The topological polar surface area (TPSA) is 105 Å². The average molecular weight is 549 g/mol. The molecule has 4 aliphatic carbocycles. The van der Waals surface area contributed by atoms with Crippen molar-refractivity contribution in [2.45, 2.75) is 118 Å². The lowest BCUT2D eigenvalue weighted by Crippen LogP contribution is -2.65. The maximum absolute atomic E-state index is 12.5. The Morgan fingerprint density at radius 1 is 0.769 bits per heavy atom. The van der Waals surface area contributed by atoms with Gasteiger partial charge in [-0.25, -0.2) is 0 Å². The van der Waals surface area contributed by atoms with E-state index in [0.29, 0.717) is 36.5 Å². The van der Waals surface area contributed by atoms with Crippen LogP contribution in [-0.4, -0.2) is 49.3 Å². The number of methoxy groups -OCH3 is 1. The fourth-order valence-corrected chi connectivity index (χ4v) is 9.81. The number of fused-ring (bicyclic) bond motifs is 5.